The van der Waals surface area contributed by atoms with E-state index in [9.17, 15) is 0 Å². The molecule has 4 aliphatic heterocycles. The third-order valence-corrected chi connectivity index (χ3v) is 32.0. The van der Waals surface area contributed by atoms with Gasteiger partial charge in [0.25, 0.3) is 0 Å². The summed E-state index contributed by atoms with van der Waals surface area (Å²) in [4.78, 5) is 0. The van der Waals surface area contributed by atoms with Crippen LogP contribution in [0.3, 0.4) is 0 Å². The first-order valence-electron chi connectivity index (χ1n) is 21.8. The van der Waals surface area contributed by atoms with Crippen LogP contribution in [0.25, 0.3) is 0 Å². The average Bonchev–Trinajstić information content (AvgIpc) is 3.18. The molecule has 0 bridgehead atoms. The van der Waals surface area contributed by atoms with E-state index in [1.165, 1.54) is 150 Å². The van der Waals surface area contributed by atoms with Crippen LogP contribution in [0.4, 0.5) is 0 Å². The molecule has 0 radical (unpaired) electrons. The summed E-state index contributed by atoms with van der Waals surface area (Å²) in [5.74, 6) is 0. The van der Waals surface area contributed by atoms with Gasteiger partial charge in [-0.3, -0.25) is 0 Å². The molecular formula is C40H88CeO4Si4+4. The first-order valence-corrected chi connectivity index (χ1v) is 31.9. The molecule has 4 aliphatic rings. The van der Waals surface area contributed by atoms with Gasteiger partial charge in [-0.2, -0.15) is 0 Å². The van der Waals surface area contributed by atoms with Crippen LogP contribution in [0.5, 0.6) is 0 Å². The van der Waals surface area contributed by atoms with Crippen molar-refractivity contribution in [2.24, 2.45) is 0 Å². The van der Waals surface area contributed by atoms with Crippen molar-refractivity contribution in [2.45, 2.75) is 257 Å². The molecule has 4 atom stereocenters. The molecule has 4 saturated heterocycles. The maximum absolute atomic E-state index is 6.26. The summed E-state index contributed by atoms with van der Waals surface area (Å²) < 4.78 is 25.0. The summed E-state index contributed by atoms with van der Waals surface area (Å²) in [5.41, 5.74) is 0. The van der Waals surface area contributed by atoms with Crippen molar-refractivity contribution in [2.75, 3.05) is 0 Å². The van der Waals surface area contributed by atoms with Crippen LogP contribution < -0.4 is 0 Å². The van der Waals surface area contributed by atoms with Crippen molar-refractivity contribution in [1.29, 1.82) is 0 Å². The van der Waals surface area contributed by atoms with Crippen LogP contribution in [0.15, 0.2) is 0 Å². The van der Waals surface area contributed by atoms with Gasteiger partial charge in [-0.25, -0.2) is 0 Å². The molecule has 288 valence electrons. The Bertz CT molecular complexity index is 662. The van der Waals surface area contributed by atoms with Crippen molar-refractivity contribution in [3.63, 3.8) is 0 Å². The van der Waals surface area contributed by atoms with Gasteiger partial charge in [0.15, 0.2) is 33.3 Å². The molecule has 9 heteroatoms. The van der Waals surface area contributed by atoms with E-state index in [1.807, 2.05) is 0 Å². The first-order chi connectivity index (χ1) is 23.0. The molecule has 4 nitrogen and oxygen atoms in total. The minimum absolute atomic E-state index is 0. The van der Waals surface area contributed by atoms with E-state index in [0.717, 1.165) is 0 Å². The third-order valence-electron chi connectivity index (χ3n) is 13.3. The fraction of sp³-hybridized carbons (Fsp3) is 1.00. The molecule has 0 N–H and O–H groups in total. The maximum Gasteiger partial charge on any atom is 4.00 e. The number of hydrogen-bond donors (Lipinski definition) is 0. The van der Waals surface area contributed by atoms with Gasteiger partial charge < -0.3 is 17.7 Å². The van der Waals surface area contributed by atoms with Crippen LogP contribution in [0.1, 0.15) is 160 Å². The van der Waals surface area contributed by atoms with E-state index < -0.39 is 33.3 Å². The van der Waals surface area contributed by atoms with Gasteiger partial charge in [0.1, 0.15) is 0 Å². The quantitative estimate of drug-likeness (QED) is 0.183. The van der Waals surface area contributed by atoms with E-state index in [4.69, 9.17) is 17.7 Å². The Hall–Kier alpha value is 2.08. The second-order valence-electron chi connectivity index (χ2n) is 15.7. The summed E-state index contributed by atoms with van der Waals surface area (Å²) in [6.07, 6.45) is 18.2. The molecule has 4 fully saturated rings. The Morgan fingerprint density at radius 2 is 0.490 bits per heavy atom. The minimum atomic E-state index is -1.21. The van der Waals surface area contributed by atoms with Crippen LogP contribution >= 0.6 is 0 Å². The number of rotatable bonds is 12. The zero-order valence-electron chi connectivity index (χ0n) is 35.4. The second kappa shape index (κ2) is 27.6. The van der Waals surface area contributed by atoms with Gasteiger partial charge in [0.2, 0.25) is 0 Å². The van der Waals surface area contributed by atoms with Crippen molar-refractivity contribution < 1.29 is 59.5 Å². The molecule has 4 heterocycles. The van der Waals surface area contributed by atoms with Gasteiger partial charge in [-0.1, -0.05) is 109 Å². The molecule has 0 saturated carbocycles. The first kappa shape index (κ1) is 51.1. The topological polar surface area (TPSA) is 36.9 Å². The predicted molar refractivity (Wildman–Crippen MR) is 224 cm³/mol. The van der Waals surface area contributed by atoms with Gasteiger partial charge in [-0.15, -0.1) is 0 Å². The molecule has 4 rings (SSSR count). The molecule has 0 aliphatic carbocycles. The third kappa shape index (κ3) is 17.2. The van der Waals surface area contributed by atoms with Crippen LogP contribution in [0.2, 0.25) is 72.5 Å². The zero-order chi connectivity index (χ0) is 36.1. The van der Waals surface area contributed by atoms with Gasteiger partial charge in [0, 0.05) is 24.4 Å². The van der Waals surface area contributed by atoms with Crippen molar-refractivity contribution in [3.8, 4) is 0 Å². The van der Waals surface area contributed by atoms with E-state index in [0.29, 0.717) is 24.4 Å². The van der Waals surface area contributed by atoms with Crippen molar-refractivity contribution in [1.82, 2.24) is 0 Å². The molecular weight excluding hydrogens is 797 g/mol. The van der Waals surface area contributed by atoms with Crippen LogP contribution in [0, 0.1) is 41.7 Å². The van der Waals surface area contributed by atoms with Crippen LogP contribution in [-0.2, 0) is 17.7 Å². The average molecular weight is 886 g/mol. The monoisotopic (exact) mass is 884 g/mol. The number of hydrogen-bond acceptors (Lipinski definition) is 4. The predicted octanol–water partition coefficient (Wildman–Crippen LogP) is 14.2. The molecule has 0 aromatic carbocycles. The summed E-state index contributed by atoms with van der Waals surface area (Å²) in [5, 5.41) is 0. The molecule has 49 heavy (non-hydrogen) atoms. The van der Waals surface area contributed by atoms with E-state index >= 15 is 0 Å². The Labute approximate surface area is 346 Å². The van der Waals surface area contributed by atoms with Gasteiger partial charge >= 0.3 is 41.7 Å². The fourth-order valence-corrected chi connectivity index (χ4v) is 22.7. The molecule has 0 aromatic heterocycles. The molecule has 0 amide bonds. The zero-order valence-corrected chi connectivity index (χ0v) is 42.6. The largest absolute Gasteiger partial charge is 4.00 e. The van der Waals surface area contributed by atoms with Crippen molar-refractivity contribution in [3.05, 3.63) is 0 Å². The van der Waals surface area contributed by atoms with Crippen LogP contribution in [-0.4, -0.2) is 57.7 Å². The van der Waals surface area contributed by atoms with E-state index in [-0.39, 0.29) is 41.7 Å². The van der Waals surface area contributed by atoms with Gasteiger partial charge in [-0.05, 0) is 124 Å². The summed E-state index contributed by atoms with van der Waals surface area (Å²) in [7, 11) is -4.86. The Morgan fingerprint density at radius 3 is 0.612 bits per heavy atom. The van der Waals surface area contributed by atoms with Gasteiger partial charge in [0.05, 0.1) is 0 Å². The Morgan fingerprint density at radius 1 is 0.327 bits per heavy atom. The molecule has 0 aromatic rings. The Kier molecular flexibility index (Phi) is 28.8. The molecule has 4 unspecified atom stereocenters. The normalized spacial score (nSPS) is 28.2. The Balaban J connectivity index is 0.000000623. The maximum atomic E-state index is 6.26. The minimum Gasteiger partial charge on any atom is -0.414 e. The molecule has 0 spiro atoms. The SMILES string of the molecule is CCC1CCC[Si](CC)(CC)O1.CCC1CCC[Si](CC)(CC)O1.CCC1CCC[Si](CC)(CC)O1.CCC1CCC[Si](CC)(CC)O1.[Ce+4]. The second-order valence-corrected chi connectivity index (χ2v) is 33.8. The smallest absolute Gasteiger partial charge is 0.414 e. The van der Waals surface area contributed by atoms with Crippen molar-refractivity contribution >= 4 is 33.3 Å². The fourth-order valence-electron chi connectivity index (χ4n) is 8.72. The summed E-state index contributed by atoms with van der Waals surface area (Å²) >= 11 is 0. The van der Waals surface area contributed by atoms with E-state index in [2.05, 4.69) is 83.1 Å². The standard InChI is InChI=1S/4C10H22OSi.Ce/c4*1-4-10-8-7-9-12(5-2,6-3)11-10;/h4*10H,4-9H2,1-3H3;/q;;;;+4. The summed E-state index contributed by atoms with van der Waals surface area (Å²) in [6, 6.07) is 16.2. The summed E-state index contributed by atoms with van der Waals surface area (Å²) in [6.45, 7) is 27.5. The van der Waals surface area contributed by atoms with E-state index in [1.54, 1.807) is 0 Å².